The van der Waals surface area contributed by atoms with Gasteiger partial charge < -0.3 is 10.3 Å². The minimum absolute atomic E-state index is 0.203. The maximum absolute atomic E-state index is 13.0. The highest BCUT2D eigenvalue weighted by Crippen LogP contribution is 2.27. The van der Waals surface area contributed by atoms with E-state index in [1.54, 1.807) is 18.2 Å². The Labute approximate surface area is 124 Å². The van der Waals surface area contributed by atoms with Crippen LogP contribution in [0.15, 0.2) is 30.3 Å². The second-order valence-corrected chi connectivity index (χ2v) is 5.86. The van der Waals surface area contributed by atoms with Crippen LogP contribution in [0.4, 0.5) is 21.7 Å². The van der Waals surface area contributed by atoms with Gasteiger partial charge in [-0.15, -0.1) is 0 Å². The van der Waals surface area contributed by atoms with Crippen LogP contribution < -0.4 is 16.2 Å². The molecule has 0 aliphatic heterocycles. The molecule has 0 atom stereocenters. The lowest BCUT2D eigenvalue weighted by Crippen LogP contribution is -2.21. The van der Waals surface area contributed by atoms with Crippen LogP contribution in [0.1, 0.15) is 26.6 Å². The maximum atomic E-state index is 13.0. The lowest BCUT2D eigenvalue weighted by Gasteiger charge is -2.23. The maximum Gasteiger partial charge on any atom is 0.145 e. The van der Waals surface area contributed by atoms with Gasteiger partial charge in [-0.25, -0.2) is 20.2 Å². The van der Waals surface area contributed by atoms with E-state index in [4.69, 9.17) is 5.84 Å². The molecule has 0 spiro atoms. The number of halogens is 1. The van der Waals surface area contributed by atoms with Crippen molar-refractivity contribution in [3.63, 3.8) is 0 Å². The smallest absolute Gasteiger partial charge is 0.145 e. The van der Waals surface area contributed by atoms with Crippen LogP contribution in [0.2, 0.25) is 0 Å². The number of nitrogen functional groups attached to an aromatic ring is 1. The van der Waals surface area contributed by atoms with Crippen molar-refractivity contribution in [1.29, 1.82) is 0 Å². The predicted molar refractivity (Wildman–Crippen MR) is 83.0 cm³/mol. The molecule has 0 bridgehead atoms. The molecule has 0 saturated carbocycles. The van der Waals surface area contributed by atoms with Crippen LogP contribution >= 0.6 is 0 Å². The molecule has 1 aromatic heterocycles. The van der Waals surface area contributed by atoms with E-state index in [1.807, 2.05) is 32.7 Å². The van der Waals surface area contributed by atoms with Crippen molar-refractivity contribution in [2.24, 2.45) is 5.84 Å². The molecule has 6 heteroatoms. The zero-order valence-corrected chi connectivity index (χ0v) is 12.7. The van der Waals surface area contributed by atoms with Crippen LogP contribution in [0, 0.1) is 5.82 Å². The Bertz CT molecular complexity index is 619. The number of aromatic nitrogens is 2. The number of rotatable bonds is 3. The van der Waals surface area contributed by atoms with Crippen LogP contribution in [0.25, 0.3) is 0 Å². The predicted octanol–water partition coefficient (Wildman–Crippen LogP) is 2.97. The molecule has 0 fully saturated rings. The van der Waals surface area contributed by atoms with Gasteiger partial charge in [0, 0.05) is 24.2 Å². The van der Waals surface area contributed by atoms with Crippen molar-refractivity contribution in [3.8, 4) is 0 Å². The van der Waals surface area contributed by atoms with Crippen LogP contribution in [0.5, 0.6) is 0 Å². The van der Waals surface area contributed by atoms with Gasteiger partial charge in [-0.1, -0.05) is 20.8 Å². The molecule has 112 valence electrons. The third kappa shape index (κ3) is 3.46. The van der Waals surface area contributed by atoms with Crippen LogP contribution in [0.3, 0.4) is 0 Å². The van der Waals surface area contributed by atoms with E-state index in [1.165, 1.54) is 12.1 Å². The molecule has 2 rings (SSSR count). The average molecular weight is 289 g/mol. The number of anilines is 3. The molecule has 0 amide bonds. The van der Waals surface area contributed by atoms with Crippen molar-refractivity contribution in [3.05, 3.63) is 42.0 Å². The zero-order chi connectivity index (χ0) is 15.6. The summed E-state index contributed by atoms with van der Waals surface area (Å²) in [5.74, 6) is 7.12. The first-order valence-electron chi connectivity index (χ1n) is 6.67. The average Bonchev–Trinajstić information content (AvgIpc) is 2.46. The van der Waals surface area contributed by atoms with Gasteiger partial charge in [-0.3, -0.25) is 0 Å². The van der Waals surface area contributed by atoms with Gasteiger partial charge in [0.15, 0.2) is 0 Å². The first-order chi connectivity index (χ1) is 9.81. The molecule has 1 aromatic carbocycles. The number of hydrogen-bond donors (Lipinski definition) is 2. The van der Waals surface area contributed by atoms with Crippen LogP contribution in [-0.4, -0.2) is 17.0 Å². The Morgan fingerprint density at radius 3 is 2.29 bits per heavy atom. The number of nitrogens with one attached hydrogen (secondary N) is 1. The van der Waals surface area contributed by atoms with Gasteiger partial charge in [0.1, 0.15) is 23.3 Å². The summed E-state index contributed by atoms with van der Waals surface area (Å²) in [7, 11) is 1.86. The molecule has 0 saturated heterocycles. The monoisotopic (exact) mass is 289 g/mol. The van der Waals surface area contributed by atoms with E-state index in [2.05, 4.69) is 15.4 Å². The quantitative estimate of drug-likeness (QED) is 0.671. The highest BCUT2D eigenvalue weighted by molar-refractivity contribution is 5.61. The van der Waals surface area contributed by atoms with Crippen molar-refractivity contribution in [2.75, 3.05) is 17.4 Å². The Morgan fingerprint density at radius 2 is 1.76 bits per heavy atom. The fourth-order valence-corrected chi connectivity index (χ4v) is 1.81. The molecule has 1 heterocycles. The summed E-state index contributed by atoms with van der Waals surface area (Å²) >= 11 is 0. The lowest BCUT2D eigenvalue weighted by molar-refractivity contribution is 0.546. The molecular formula is C15H20FN5. The van der Waals surface area contributed by atoms with E-state index in [0.717, 1.165) is 5.69 Å². The highest BCUT2D eigenvalue weighted by atomic mass is 19.1. The standard InChI is InChI=1S/C15H20FN5/c1-15(2,3)14-18-12(20-17)9-13(19-14)21(4)11-7-5-10(16)6-8-11/h5-9H,17H2,1-4H3,(H,18,19,20). The summed E-state index contributed by atoms with van der Waals surface area (Å²) in [6.45, 7) is 6.10. The molecule has 0 unspecified atom stereocenters. The van der Waals surface area contributed by atoms with Gasteiger partial charge in [0.25, 0.3) is 0 Å². The molecule has 5 nitrogen and oxygen atoms in total. The normalized spacial score (nSPS) is 11.3. The van der Waals surface area contributed by atoms with E-state index >= 15 is 0 Å². The first kappa shape index (κ1) is 15.2. The van der Waals surface area contributed by atoms with E-state index < -0.39 is 0 Å². The minimum atomic E-state index is -0.269. The molecule has 3 N–H and O–H groups in total. The Morgan fingerprint density at radius 1 is 1.14 bits per heavy atom. The lowest BCUT2D eigenvalue weighted by atomic mass is 9.96. The second-order valence-electron chi connectivity index (χ2n) is 5.86. The van der Waals surface area contributed by atoms with Crippen LogP contribution in [-0.2, 0) is 5.41 Å². The summed E-state index contributed by atoms with van der Waals surface area (Å²) in [5.41, 5.74) is 3.19. The van der Waals surface area contributed by atoms with Crippen molar-refractivity contribution in [2.45, 2.75) is 26.2 Å². The van der Waals surface area contributed by atoms with E-state index in [9.17, 15) is 4.39 Å². The van der Waals surface area contributed by atoms with Gasteiger partial charge >= 0.3 is 0 Å². The number of benzene rings is 1. The molecule has 0 aliphatic carbocycles. The third-order valence-electron chi connectivity index (χ3n) is 3.09. The second kappa shape index (κ2) is 5.65. The molecule has 0 aliphatic rings. The SMILES string of the molecule is CN(c1ccc(F)cc1)c1cc(NN)nc(C(C)(C)C)n1. The largest absolute Gasteiger partial charge is 0.329 e. The van der Waals surface area contributed by atoms with Crippen molar-refractivity contribution < 1.29 is 4.39 Å². The highest BCUT2D eigenvalue weighted by Gasteiger charge is 2.20. The Kier molecular flexibility index (Phi) is 4.09. The summed E-state index contributed by atoms with van der Waals surface area (Å²) < 4.78 is 13.0. The van der Waals surface area contributed by atoms with Gasteiger partial charge in [-0.2, -0.15) is 0 Å². The van der Waals surface area contributed by atoms with Crippen molar-refractivity contribution >= 4 is 17.3 Å². The summed E-state index contributed by atoms with van der Waals surface area (Å²) in [5, 5.41) is 0. The molecular weight excluding hydrogens is 269 g/mol. The van der Waals surface area contributed by atoms with E-state index in [-0.39, 0.29) is 11.2 Å². The number of hydrogen-bond acceptors (Lipinski definition) is 5. The Balaban J connectivity index is 2.45. The van der Waals surface area contributed by atoms with E-state index in [0.29, 0.717) is 17.5 Å². The van der Waals surface area contributed by atoms with Gasteiger partial charge in [0.2, 0.25) is 0 Å². The van der Waals surface area contributed by atoms with Crippen molar-refractivity contribution in [1.82, 2.24) is 9.97 Å². The molecule has 2 aromatic rings. The molecule has 21 heavy (non-hydrogen) atoms. The number of hydrazine groups is 1. The first-order valence-corrected chi connectivity index (χ1v) is 6.67. The summed E-state index contributed by atoms with van der Waals surface area (Å²) in [4.78, 5) is 10.8. The topological polar surface area (TPSA) is 67.1 Å². The number of nitrogens with zero attached hydrogens (tertiary/aromatic N) is 3. The fourth-order valence-electron chi connectivity index (χ4n) is 1.81. The summed E-state index contributed by atoms with van der Waals surface area (Å²) in [6.07, 6.45) is 0. The fraction of sp³-hybridized carbons (Fsp3) is 0.333. The zero-order valence-electron chi connectivity index (χ0n) is 12.7. The third-order valence-corrected chi connectivity index (χ3v) is 3.09. The molecule has 0 radical (unpaired) electrons. The Hall–Kier alpha value is -2.21. The van der Waals surface area contributed by atoms with Gasteiger partial charge in [0.05, 0.1) is 0 Å². The number of nitrogens with two attached hydrogens (primary N) is 1. The summed E-state index contributed by atoms with van der Waals surface area (Å²) in [6, 6.07) is 7.98. The van der Waals surface area contributed by atoms with Gasteiger partial charge in [-0.05, 0) is 24.3 Å². The minimum Gasteiger partial charge on any atom is -0.329 e.